The average molecular weight is 511 g/mol. The first kappa shape index (κ1) is 22.4. The van der Waals surface area contributed by atoms with Crippen LogP contribution in [-0.4, -0.2) is 33.3 Å². The Balaban J connectivity index is 1.96. The highest BCUT2D eigenvalue weighted by atomic mass is 79.9. The first-order chi connectivity index (χ1) is 15.2. The second-order valence-electron chi connectivity index (χ2n) is 7.25. The summed E-state index contributed by atoms with van der Waals surface area (Å²) in [5, 5.41) is 26.0. The summed E-state index contributed by atoms with van der Waals surface area (Å²) in [5.41, 5.74) is 0.284. The maximum Gasteiger partial charge on any atom is 0.417 e. The quantitative estimate of drug-likeness (QED) is 0.398. The van der Waals surface area contributed by atoms with Crippen molar-refractivity contribution in [3.05, 3.63) is 79.3 Å². The van der Waals surface area contributed by atoms with Crippen LogP contribution in [0.25, 0.3) is 5.69 Å². The monoisotopic (exact) mass is 510 g/mol. The molecule has 1 unspecified atom stereocenters. The minimum Gasteiger partial charge on any atom is -0.319 e. The molecule has 8 nitrogen and oxygen atoms in total. The molecule has 2 N–H and O–H groups in total. The molecule has 0 amide bonds. The van der Waals surface area contributed by atoms with Crippen molar-refractivity contribution >= 4 is 21.6 Å². The summed E-state index contributed by atoms with van der Waals surface area (Å²) in [4.78, 5) is 10.7. The van der Waals surface area contributed by atoms with Gasteiger partial charge in [-0.25, -0.2) is 0 Å². The van der Waals surface area contributed by atoms with E-state index < -0.39 is 22.7 Å². The van der Waals surface area contributed by atoms with Gasteiger partial charge in [-0.3, -0.25) is 20.0 Å². The van der Waals surface area contributed by atoms with Gasteiger partial charge in [0.25, 0.3) is 5.69 Å². The van der Waals surface area contributed by atoms with Crippen LogP contribution >= 0.6 is 15.9 Å². The molecular weight excluding hydrogens is 493 g/mol. The first-order valence-electron chi connectivity index (χ1n) is 9.68. The Morgan fingerprint density at radius 3 is 2.78 bits per heavy atom. The second kappa shape index (κ2) is 8.60. The molecular formula is C20H18BrF3N6O2. The molecule has 2 heterocycles. The third-order valence-electron chi connectivity index (χ3n) is 5.27. The lowest BCUT2D eigenvalue weighted by molar-refractivity contribution is -0.384. The van der Waals surface area contributed by atoms with Gasteiger partial charge in [-0.15, -0.1) is 10.2 Å². The molecule has 0 spiro atoms. The number of hydrogen-bond acceptors (Lipinski definition) is 6. The lowest BCUT2D eigenvalue weighted by Crippen LogP contribution is -2.22. The van der Waals surface area contributed by atoms with Gasteiger partial charge in [-0.1, -0.05) is 12.1 Å². The summed E-state index contributed by atoms with van der Waals surface area (Å²) in [6.45, 7) is 0.819. The van der Waals surface area contributed by atoms with Gasteiger partial charge >= 0.3 is 6.18 Å². The predicted octanol–water partition coefficient (Wildman–Crippen LogP) is 3.91. The van der Waals surface area contributed by atoms with Crippen LogP contribution in [0.3, 0.4) is 0 Å². The number of likely N-dealkylation sites (N-methyl/N-ethyl adjacent to an activating group) is 1. The summed E-state index contributed by atoms with van der Waals surface area (Å²) in [6.07, 6.45) is -4.07. The second-order valence-corrected chi connectivity index (χ2v) is 8.04. The topological polar surface area (TPSA) is 97.9 Å². The van der Waals surface area contributed by atoms with Crippen LogP contribution < -0.4 is 10.6 Å². The van der Waals surface area contributed by atoms with Crippen LogP contribution in [0, 0.1) is 10.1 Å². The van der Waals surface area contributed by atoms with Crippen LogP contribution in [0.5, 0.6) is 0 Å². The molecule has 2 aromatic carbocycles. The van der Waals surface area contributed by atoms with Crippen molar-refractivity contribution in [1.29, 1.82) is 0 Å². The van der Waals surface area contributed by atoms with Crippen molar-refractivity contribution in [3.63, 3.8) is 0 Å². The van der Waals surface area contributed by atoms with Crippen molar-refractivity contribution in [2.45, 2.75) is 25.2 Å². The number of hydrogen-bond donors (Lipinski definition) is 2. The SMILES string of the molecule is CNCCc1nnc2n1-c1ccc(C(F)(F)F)c(Br)c1C(c1cccc([N+](=O)[O-])c1)NC2. The van der Waals surface area contributed by atoms with Gasteiger partial charge in [0.2, 0.25) is 0 Å². The number of nitro groups is 1. The Labute approximate surface area is 189 Å². The minimum atomic E-state index is -4.58. The molecule has 32 heavy (non-hydrogen) atoms. The van der Waals surface area contributed by atoms with Crippen LogP contribution in [-0.2, 0) is 19.1 Å². The van der Waals surface area contributed by atoms with Gasteiger partial charge in [-0.2, -0.15) is 13.2 Å². The third kappa shape index (κ3) is 4.00. The maximum atomic E-state index is 13.7. The lowest BCUT2D eigenvalue weighted by Gasteiger charge is -2.23. The first-order valence-corrected chi connectivity index (χ1v) is 10.5. The fourth-order valence-corrected chi connectivity index (χ4v) is 4.60. The Hall–Kier alpha value is -2.83. The van der Waals surface area contributed by atoms with E-state index in [9.17, 15) is 23.3 Å². The molecule has 4 rings (SSSR count). The van der Waals surface area contributed by atoms with Crippen molar-refractivity contribution in [2.24, 2.45) is 0 Å². The van der Waals surface area contributed by atoms with E-state index in [2.05, 4.69) is 36.8 Å². The molecule has 1 aliphatic heterocycles. The van der Waals surface area contributed by atoms with E-state index in [1.165, 1.54) is 24.3 Å². The van der Waals surface area contributed by atoms with Gasteiger partial charge in [-0.05, 0) is 40.7 Å². The van der Waals surface area contributed by atoms with E-state index in [4.69, 9.17) is 0 Å². The molecule has 1 aliphatic rings. The molecule has 0 bridgehead atoms. The third-order valence-corrected chi connectivity index (χ3v) is 6.12. The number of fused-ring (bicyclic) bond motifs is 3. The van der Waals surface area contributed by atoms with Gasteiger partial charge in [0, 0.05) is 35.1 Å². The van der Waals surface area contributed by atoms with Gasteiger partial charge < -0.3 is 5.32 Å². The molecule has 0 saturated carbocycles. The van der Waals surface area contributed by atoms with Crippen LogP contribution in [0.2, 0.25) is 0 Å². The van der Waals surface area contributed by atoms with E-state index >= 15 is 0 Å². The summed E-state index contributed by atoms with van der Waals surface area (Å²) < 4.78 is 42.8. The van der Waals surface area contributed by atoms with Crippen molar-refractivity contribution in [3.8, 4) is 5.69 Å². The van der Waals surface area contributed by atoms with Gasteiger partial charge in [0.15, 0.2) is 5.82 Å². The standard InChI is InChI=1S/C20H18BrF3N6O2/c1-25-8-7-15-27-28-16-10-26-19(11-3-2-4-12(9-11)30(31)32)17-14(29(15)16)6-5-13(18(17)21)20(22,23)24/h2-6,9,19,25-26H,7-8,10H2,1H3. The normalized spacial score (nSPS) is 15.7. The van der Waals surface area contributed by atoms with E-state index in [1.54, 1.807) is 17.7 Å². The molecule has 0 aliphatic carbocycles. The maximum absolute atomic E-state index is 13.7. The number of benzene rings is 2. The number of rotatable bonds is 5. The molecule has 1 atom stereocenters. The van der Waals surface area contributed by atoms with E-state index in [0.717, 1.165) is 6.07 Å². The molecule has 0 saturated heterocycles. The highest BCUT2D eigenvalue weighted by Crippen LogP contribution is 2.44. The zero-order valence-electron chi connectivity index (χ0n) is 16.8. The lowest BCUT2D eigenvalue weighted by atomic mass is 9.95. The number of aromatic nitrogens is 3. The molecule has 3 aromatic rings. The molecule has 0 fully saturated rings. The predicted molar refractivity (Wildman–Crippen MR) is 113 cm³/mol. The zero-order chi connectivity index (χ0) is 23.0. The highest BCUT2D eigenvalue weighted by Gasteiger charge is 2.37. The number of nitro benzene ring substituents is 1. The number of nitrogens with zero attached hydrogens (tertiary/aromatic N) is 4. The molecule has 12 heteroatoms. The summed E-state index contributed by atoms with van der Waals surface area (Å²) in [6, 6.07) is 7.53. The minimum absolute atomic E-state index is 0.132. The Kier molecular flexibility index (Phi) is 6.01. The summed E-state index contributed by atoms with van der Waals surface area (Å²) in [5.74, 6) is 1.14. The van der Waals surface area contributed by atoms with Crippen LogP contribution in [0.15, 0.2) is 40.9 Å². The Morgan fingerprint density at radius 2 is 2.09 bits per heavy atom. The number of nitrogens with one attached hydrogen (secondary N) is 2. The highest BCUT2D eigenvalue weighted by molar-refractivity contribution is 9.10. The van der Waals surface area contributed by atoms with Crippen molar-refractivity contribution < 1.29 is 18.1 Å². The largest absolute Gasteiger partial charge is 0.417 e. The number of non-ortho nitro benzene ring substituents is 1. The number of halogens is 4. The van der Waals surface area contributed by atoms with Crippen molar-refractivity contribution in [1.82, 2.24) is 25.4 Å². The van der Waals surface area contributed by atoms with E-state index in [1.807, 2.05) is 0 Å². The van der Waals surface area contributed by atoms with E-state index in [-0.39, 0.29) is 16.7 Å². The van der Waals surface area contributed by atoms with Crippen molar-refractivity contribution in [2.75, 3.05) is 13.6 Å². The summed E-state index contributed by atoms with van der Waals surface area (Å²) >= 11 is 3.18. The molecule has 168 valence electrons. The molecule has 1 aromatic heterocycles. The molecule has 0 radical (unpaired) electrons. The Morgan fingerprint density at radius 1 is 1.31 bits per heavy atom. The van der Waals surface area contributed by atoms with Gasteiger partial charge in [0.1, 0.15) is 5.82 Å². The van der Waals surface area contributed by atoms with Crippen LogP contribution in [0.4, 0.5) is 18.9 Å². The van der Waals surface area contributed by atoms with E-state index in [0.29, 0.717) is 41.4 Å². The fraction of sp³-hybridized carbons (Fsp3) is 0.300. The Bertz CT molecular complexity index is 1180. The fourth-order valence-electron chi connectivity index (χ4n) is 3.81. The zero-order valence-corrected chi connectivity index (χ0v) is 18.4. The average Bonchev–Trinajstić information content (AvgIpc) is 3.06. The van der Waals surface area contributed by atoms with Gasteiger partial charge in [0.05, 0.1) is 28.8 Å². The smallest absolute Gasteiger partial charge is 0.319 e. The number of alkyl halides is 3. The summed E-state index contributed by atoms with van der Waals surface area (Å²) in [7, 11) is 1.79. The van der Waals surface area contributed by atoms with Crippen LogP contribution in [0.1, 0.15) is 34.4 Å².